The van der Waals surface area contributed by atoms with Crippen LogP contribution in [0, 0.1) is 0 Å². The third kappa shape index (κ3) is 3.53. The molecule has 5 heteroatoms. The van der Waals surface area contributed by atoms with Crippen molar-refractivity contribution in [3.8, 4) is 16.9 Å². The second-order valence-corrected chi connectivity index (χ2v) is 4.32. The maximum Gasteiger partial charge on any atom is 0.184 e. The maximum atomic E-state index is 10.0. The monoisotopic (exact) mass is 271 g/mol. The standard InChI is InChI=1S/C14H13N3OS/c15-14(19)17-16-9-10-6-7-12(13(18)8-10)11-4-2-1-3-5-11/h1-9,18H,(H3,15,17,19). The molecule has 0 unspecified atom stereocenters. The number of benzene rings is 2. The molecule has 2 rings (SSSR count). The van der Waals surface area contributed by atoms with Crippen LogP contribution in [0.5, 0.6) is 5.75 Å². The van der Waals surface area contributed by atoms with Gasteiger partial charge >= 0.3 is 0 Å². The molecule has 0 spiro atoms. The Balaban J connectivity index is 2.23. The molecule has 4 N–H and O–H groups in total. The third-order valence-electron chi connectivity index (χ3n) is 2.49. The van der Waals surface area contributed by atoms with Crippen LogP contribution in [-0.4, -0.2) is 16.4 Å². The molecule has 0 radical (unpaired) electrons. The van der Waals surface area contributed by atoms with Crippen LogP contribution in [0.2, 0.25) is 0 Å². The second kappa shape index (κ2) is 5.97. The average molecular weight is 271 g/mol. The fourth-order valence-electron chi connectivity index (χ4n) is 1.66. The smallest absolute Gasteiger partial charge is 0.184 e. The first-order valence-electron chi connectivity index (χ1n) is 5.64. The minimum atomic E-state index is 0.0985. The van der Waals surface area contributed by atoms with Crippen molar-refractivity contribution < 1.29 is 5.11 Å². The number of nitrogens with one attached hydrogen (secondary N) is 1. The zero-order valence-electron chi connectivity index (χ0n) is 10.1. The molecule has 2 aromatic rings. The highest BCUT2D eigenvalue weighted by molar-refractivity contribution is 7.80. The molecule has 0 saturated carbocycles. The summed E-state index contributed by atoms with van der Waals surface area (Å²) in [6.07, 6.45) is 1.54. The fraction of sp³-hybridized carbons (Fsp3) is 0. The topological polar surface area (TPSA) is 70.6 Å². The number of rotatable bonds is 3. The van der Waals surface area contributed by atoms with Crippen LogP contribution >= 0.6 is 12.2 Å². The van der Waals surface area contributed by atoms with Crippen molar-refractivity contribution >= 4 is 23.5 Å². The molecule has 0 atom stereocenters. The van der Waals surface area contributed by atoms with E-state index in [2.05, 4.69) is 22.7 Å². The molecule has 0 bridgehead atoms. The molecule has 0 fully saturated rings. The largest absolute Gasteiger partial charge is 0.507 e. The van der Waals surface area contributed by atoms with Gasteiger partial charge in [0, 0.05) is 5.56 Å². The van der Waals surface area contributed by atoms with Crippen LogP contribution in [-0.2, 0) is 0 Å². The van der Waals surface area contributed by atoms with Crippen LogP contribution in [0.3, 0.4) is 0 Å². The van der Waals surface area contributed by atoms with Crippen molar-refractivity contribution in [3.63, 3.8) is 0 Å². The minimum Gasteiger partial charge on any atom is -0.507 e. The summed E-state index contributed by atoms with van der Waals surface area (Å²) in [5, 5.41) is 14.0. The van der Waals surface area contributed by atoms with Crippen LogP contribution < -0.4 is 11.2 Å². The van der Waals surface area contributed by atoms with E-state index in [1.54, 1.807) is 6.07 Å². The molecule has 4 nitrogen and oxygen atoms in total. The Labute approximate surface area is 116 Å². The lowest BCUT2D eigenvalue weighted by molar-refractivity contribution is 0.477. The molecule has 0 aliphatic carbocycles. The lowest BCUT2D eigenvalue weighted by Crippen LogP contribution is -2.23. The third-order valence-corrected chi connectivity index (χ3v) is 2.59. The summed E-state index contributed by atoms with van der Waals surface area (Å²) in [4.78, 5) is 0. The van der Waals surface area contributed by atoms with E-state index < -0.39 is 0 Å². The van der Waals surface area contributed by atoms with Gasteiger partial charge in [0.05, 0.1) is 6.21 Å². The first-order chi connectivity index (χ1) is 9.16. The van der Waals surface area contributed by atoms with Crippen molar-refractivity contribution in [1.82, 2.24) is 5.43 Å². The van der Waals surface area contributed by atoms with Crippen LogP contribution in [0.15, 0.2) is 53.6 Å². The highest BCUT2D eigenvalue weighted by Crippen LogP contribution is 2.29. The normalized spacial score (nSPS) is 10.5. The molecule has 96 valence electrons. The summed E-state index contributed by atoms with van der Waals surface area (Å²) in [6, 6.07) is 15.0. The number of hydrogen-bond acceptors (Lipinski definition) is 3. The number of hydrazone groups is 1. The van der Waals surface area contributed by atoms with Crippen LogP contribution in [0.1, 0.15) is 5.56 Å². The first kappa shape index (κ1) is 13.0. The first-order valence-corrected chi connectivity index (χ1v) is 6.04. The van der Waals surface area contributed by atoms with Gasteiger partial charge in [-0.25, -0.2) is 0 Å². The van der Waals surface area contributed by atoms with Gasteiger partial charge in [-0.3, -0.25) is 5.43 Å². The van der Waals surface area contributed by atoms with E-state index in [0.717, 1.165) is 16.7 Å². The van der Waals surface area contributed by atoms with E-state index in [0.29, 0.717) is 0 Å². The molecule has 0 aromatic heterocycles. The van der Waals surface area contributed by atoms with Gasteiger partial charge in [0.15, 0.2) is 5.11 Å². The molecule has 0 aliphatic rings. The second-order valence-electron chi connectivity index (χ2n) is 3.88. The molecular formula is C14H13N3OS. The van der Waals surface area contributed by atoms with E-state index in [1.807, 2.05) is 42.5 Å². The van der Waals surface area contributed by atoms with E-state index in [9.17, 15) is 5.11 Å². The van der Waals surface area contributed by atoms with Crippen molar-refractivity contribution in [3.05, 3.63) is 54.1 Å². The number of aromatic hydroxyl groups is 1. The maximum absolute atomic E-state index is 10.0. The number of hydrogen-bond donors (Lipinski definition) is 3. The molecule has 2 aromatic carbocycles. The summed E-state index contributed by atoms with van der Waals surface area (Å²) in [5.41, 5.74) is 10.2. The lowest BCUT2D eigenvalue weighted by atomic mass is 10.0. The zero-order chi connectivity index (χ0) is 13.7. The van der Waals surface area contributed by atoms with E-state index in [-0.39, 0.29) is 10.9 Å². The Morgan fingerprint density at radius 3 is 2.58 bits per heavy atom. The van der Waals surface area contributed by atoms with Crippen molar-refractivity contribution in [2.24, 2.45) is 10.8 Å². The van der Waals surface area contributed by atoms with Gasteiger partial charge in [0.25, 0.3) is 0 Å². The summed E-state index contributed by atoms with van der Waals surface area (Å²) < 4.78 is 0. The fourth-order valence-corrected chi connectivity index (χ4v) is 1.71. The summed E-state index contributed by atoms with van der Waals surface area (Å²) >= 11 is 4.62. The van der Waals surface area contributed by atoms with E-state index >= 15 is 0 Å². The number of phenols is 1. The van der Waals surface area contributed by atoms with Gasteiger partial charge in [-0.15, -0.1) is 0 Å². The van der Waals surface area contributed by atoms with E-state index in [4.69, 9.17) is 5.73 Å². The Bertz CT molecular complexity index is 611. The molecule has 19 heavy (non-hydrogen) atoms. The Morgan fingerprint density at radius 1 is 1.21 bits per heavy atom. The van der Waals surface area contributed by atoms with Gasteiger partial charge in [-0.2, -0.15) is 5.10 Å². The molecule has 0 heterocycles. The predicted molar refractivity (Wildman–Crippen MR) is 81.1 cm³/mol. The predicted octanol–water partition coefficient (Wildman–Crippen LogP) is 2.23. The summed E-state index contributed by atoms with van der Waals surface area (Å²) in [7, 11) is 0. The van der Waals surface area contributed by atoms with Crippen molar-refractivity contribution in [2.75, 3.05) is 0 Å². The molecule has 0 aliphatic heterocycles. The molecule has 0 amide bonds. The van der Waals surface area contributed by atoms with Crippen molar-refractivity contribution in [2.45, 2.75) is 0 Å². The Kier molecular flexibility index (Phi) is 4.10. The number of phenolic OH excluding ortho intramolecular Hbond substituents is 1. The quantitative estimate of drug-likeness (QED) is 0.455. The average Bonchev–Trinajstić information content (AvgIpc) is 2.39. The number of nitrogens with zero attached hydrogens (tertiary/aromatic N) is 1. The van der Waals surface area contributed by atoms with E-state index in [1.165, 1.54) is 6.21 Å². The van der Waals surface area contributed by atoms with Gasteiger partial charge < -0.3 is 10.8 Å². The highest BCUT2D eigenvalue weighted by Gasteiger charge is 2.03. The zero-order valence-corrected chi connectivity index (χ0v) is 10.9. The number of thiocarbonyl (C=S) groups is 1. The Morgan fingerprint density at radius 2 is 1.95 bits per heavy atom. The van der Waals surface area contributed by atoms with Crippen molar-refractivity contribution in [1.29, 1.82) is 0 Å². The number of nitrogens with two attached hydrogens (primary N) is 1. The summed E-state index contributed by atoms with van der Waals surface area (Å²) in [6.45, 7) is 0. The van der Waals surface area contributed by atoms with Crippen LogP contribution in [0.4, 0.5) is 0 Å². The van der Waals surface area contributed by atoms with Gasteiger partial charge in [-0.1, -0.05) is 42.5 Å². The lowest BCUT2D eigenvalue weighted by Gasteiger charge is -2.05. The molecule has 0 saturated heterocycles. The van der Waals surface area contributed by atoms with Crippen LogP contribution in [0.25, 0.3) is 11.1 Å². The van der Waals surface area contributed by atoms with Gasteiger partial charge in [0.2, 0.25) is 0 Å². The minimum absolute atomic E-state index is 0.0985. The van der Waals surface area contributed by atoms with Gasteiger partial charge in [-0.05, 0) is 29.4 Å². The highest BCUT2D eigenvalue weighted by atomic mass is 32.1. The SMILES string of the molecule is NC(=S)NN=Cc1ccc(-c2ccccc2)c(O)c1. The Hall–Kier alpha value is -2.40. The molecular weight excluding hydrogens is 258 g/mol. The summed E-state index contributed by atoms with van der Waals surface area (Å²) in [5.74, 6) is 0.200. The van der Waals surface area contributed by atoms with Gasteiger partial charge in [0.1, 0.15) is 5.75 Å².